The third-order valence-electron chi connectivity index (χ3n) is 1.22. The molecule has 0 aliphatic heterocycles. The Hall–Kier alpha value is -1.04. The van der Waals surface area contributed by atoms with E-state index in [1.165, 1.54) is 5.57 Å². The van der Waals surface area contributed by atoms with Crippen LogP contribution in [0.15, 0.2) is 48.6 Å². The van der Waals surface area contributed by atoms with Crippen LogP contribution in [0.3, 0.4) is 0 Å². The average Bonchev–Trinajstić information content (AvgIpc) is 2.32. The minimum Gasteiger partial charge on any atom is -0.0990 e. The second-order valence-corrected chi connectivity index (χ2v) is 2.21. The Bertz CT molecular complexity index is 180. The molecule has 0 heteroatoms. The van der Waals surface area contributed by atoms with Crippen LogP contribution in [0.2, 0.25) is 0 Å². The molecule has 15 heavy (non-hydrogen) atoms. The summed E-state index contributed by atoms with van der Waals surface area (Å²) in [5.74, 6) is 0. The standard InChI is InChI=1S/C11H16.2C2H6/c1-4-7-10-11(8-5-2)9-6-3;2*1-2/h5-10H,2,4H2,1,3H3;2*1-2H3/b9-6+,10-7-,11-8-;;. The molecule has 0 aromatic heterocycles. The van der Waals surface area contributed by atoms with E-state index >= 15 is 0 Å². The van der Waals surface area contributed by atoms with Crippen molar-refractivity contribution in [2.75, 3.05) is 0 Å². The van der Waals surface area contributed by atoms with E-state index in [2.05, 4.69) is 31.7 Å². The van der Waals surface area contributed by atoms with Crippen molar-refractivity contribution in [2.45, 2.75) is 48.0 Å². The minimum atomic E-state index is 1.08. The van der Waals surface area contributed by atoms with Crippen molar-refractivity contribution in [2.24, 2.45) is 0 Å². The van der Waals surface area contributed by atoms with Crippen molar-refractivity contribution in [1.29, 1.82) is 0 Å². The van der Waals surface area contributed by atoms with E-state index in [4.69, 9.17) is 0 Å². The lowest BCUT2D eigenvalue weighted by Crippen LogP contribution is -1.68. The lowest BCUT2D eigenvalue weighted by molar-refractivity contribution is 1.22. The molecule has 0 unspecified atom stereocenters. The van der Waals surface area contributed by atoms with E-state index in [0.29, 0.717) is 0 Å². The van der Waals surface area contributed by atoms with Gasteiger partial charge in [0.2, 0.25) is 0 Å². The van der Waals surface area contributed by atoms with Crippen molar-refractivity contribution in [3.05, 3.63) is 48.6 Å². The van der Waals surface area contributed by atoms with Crippen LogP contribution in [0.25, 0.3) is 0 Å². The third-order valence-corrected chi connectivity index (χ3v) is 1.22. The summed E-state index contributed by atoms with van der Waals surface area (Å²) in [5, 5.41) is 0. The van der Waals surface area contributed by atoms with Crippen LogP contribution < -0.4 is 0 Å². The molecular weight excluding hydrogens is 180 g/mol. The molecule has 0 saturated carbocycles. The molecule has 0 atom stereocenters. The van der Waals surface area contributed by atoms with Gasteiger partial charge >= 0.3 is 0 Å². The van der Waals surface area contributed by atoms with Crippen LogP contribution in [0, 0.1) is 0 Å². The lowest BCUT2D eigenvalue weighted by Gasteiger charge is -1.89. The van der Waals surface area contributed by atoms with Crippen LogP contribution >= 0.6 is 0 Å². The molecule has 0 N–H and O–H groups in total. The summed E-state index contributed by atoms with van der Waals surface area (Å²) in [6, 6.07) is 0. The third kappa shape index (κ3) is 19.4. The maximum atomic E-state index is 3.65. The Balaban J connectivity index is -0.000000318. The summed E-state index contributed by atoms with van der Waals surface area (Å²) in [5.41, 5.74) is 1.20. The highest BCUT2D eigenvalue weighted by molar-refractivity contribution is 5.32. The van der Waals surface area contributed by atoms with Gasteiger partial charge in [0.1, 0.15) is 0 Å². The molecule has 0 nitrogen and oxygen atoms in total. The van der Waals surface area contributed by atoms with E-state index in [1.54, 1.807) is 6.08 Å². The molecule has 0 amide bonds. The van der Waals surface area contributed by atoms with E-state index in [9.17, 15) is 0 Å². The van der Waals surface area contributed by atoms with Gasteiger partial charge in [-0.1, -0.05) is 77.7 Å². The first-order chi connectivity index (χ1) is 7.35. The predicted octanol–water partition coefficient (Wildman–Crippen LogP) is 5.69. The van der Waals surface area contributed by atoms with Gasteiger partial charge in [0.05, 0.1) is 0 Å². The van der Waals surface area contributed by atoms with E-state index < -0.39 is 0 Å². The maximum absolute atomic E-state index is 3.65. The summed E-state index contributed by atoms with van der Waals surface area (Å²) >= 11 is 0. The normalized spacial score (nSPS) is 10.4. The molecule has 0 aliphatic carbocycles. The van der Waals surface area contributed by atoms with Gasteiger partial charge in [-0.15, -0.1) is 0 Å². The van der Waals surface area contributed by atoms with Gasteiger partial charge in [0.15, 0.2) is 0 Å². The van der Waals surface area contributed by atoms with Crippen molar-refractivity contribution >= 4 is 0 Å². The topological polar surface area (TPSA) is 0 Å². The zero-order valence-corrected chi connectivity index (χ0v) is 11.4. The molecule has 0 saturated heterocycles. The fraction of sp³-hybridized carbons (Fsp3) is 0.467. The molecule has 0 fully saturated rings. The monoisotopic (exact) mass is 208 g/mol. The lowest BCUT2D eigenvalue weighted by atomic mass is 10.2. The molecule has 0 bridgehead atoms. The smallest absolute Gasteiger partial charge is 0.0263 e. The molecule has 88 valence electrons. The predicted molar refractivity (Wildman–Crippen MR) is 75.2 cm³/mol. The number of hydrogen-bond donors (Lipinski definition) is 0. The largest absolute Gasteiger partial charge is 0.0990 e. The Labute approximate surface area is 97.1 Å². The summed E-state index contributed by atoms with van der Waals surface area (Å²) in [6.45, 7) is 15.8. The van der Waals surface area contributed by atoms with Gasteiger partial charge in [0.25, 0.3) is 0 Å². The second kappa shape index (κ2) is 23.1. The van der Waals surface area contributed by atoms with Gasteiger partial charge in [-0.05, 0) is 18.9 Å². The van der Waals surface area contributed by atoms with Gasteiger partial charge < -0.3 is 0 Å². The Morgan fingerprint density at radius 2 is 1.60 bits per heavy atom. The molecule has 0 heterocycles. The average molecular weight is 208 g/mol. The number of hydrogen-bond acceptors (Lipinski definition) is 0. The molecule has 0 rings (SSSR count). The highest BCUT2D eigenvalue weighted by atomic mass is 13.9. The maximum Gasteiger partial charge on any atom is -0.0263 e. The van der Waals surface area contributed by atoms with Crippen molar-refractivity contribution in [3.8, 4) is 0 Å². The molecular formula is C15H28. The molecule has 0 spiro atoms. The minimum absolute atomic E-state index is 1.08. The zero-order chi connectivity index (χ0) is 12.5. The molecule has 0 aliphatic rings. The van der Waals surface area contributed by atoms with E-state index in [0.717, 1.165) is 6.42 Å². The summed E-state index contributed by atoms with van der Waals surface area (Å²) in [6.07, 6.45) is 13.2. The van der Waals surface area contributed by atoms with Crippen molar-refractivity contribution < 1.29 is 0 Å². The first kappa shape index (κ1) is 19.5. The first-order valence-corrected chi connectivity index (χ1v) is 5.97. The highest BCUT2D eigenvalue weighted by Crippen LogP contribution is 2.00. The van der Waals surface area contributed by atoms with Crippen LogP contribution in [0.5, 0.6) is 0 Å². The number of allylic oxidation sites excluding steroid dienone is 7. The SMILES string of the molecule is C=C/C=C(\C=C/CC)/C=C/C.CC.CC. The molecule has 0 aromatic carbocycles. The van der Waals surface area contributed by atoms with Crippen LogP contribution in [-0.4, -0.2) is 0 Å². The van der Waals surface area contributed by atoms with Crippen molar-refractivity contribution in [1.82, 2.24) is 0 Å². The Morgan fingerprint density at radius 1 is 1.07 bits per heavy atom. The molecule has 0 radical (unpaired) electrons. The number of rotatable bonds is 4. The zero-order valence-electron chi connectivity index (χ0n) is 11.4. The highest BCUT2D eigenvalue weighted by Gasteiger charge is 1.79. The van der Waals surface area contributed by atoms with Gasteiger partial charge in [0, 0.05) is 0 Å². The van der Waals surface area contributed by atoms with Crippen molar-refractivity contribution in [3.63, 3.8) is 0 Å². The summed E-state index contributed by atoms with van der Waals surface area (Å²) in [7, 11) is 0. The summed E-state index contributed by atoms with van der Waals surface area (Å²) in [4.78, 5) is 0. The fourth-order valence-electron chi connectivity index (χ4n) is 0.749. The van der Waals surface area contributed by atoms with E-state index in [-0.39, 0.29) is 0 Å². The fourth-order valence-corrected chi connectivity index (χ4v) is 0.749. The van der Waals surface area contributed by atoms with Crippen LogP contribution in [0.4, 0.5) is 0 Å². The van der Waals surface area contributed by atoms with Gasteiger partial charge in [-0.2, -0.15) is 0 Å². The van der Waals surface area contributed by atoms with E-state index in [1.807, 2.05) is 46.8 Å². The second-order valence-electron chi connectivity index (χ2n) is 2.21. The Kier molecular flexibility index (Phi) is 30.0. The van der Waals surface area contributed by atoms with Crippen LogP contribution in [0.1, 0.15) is 48.0 Å². The Morgan fingerprint density at radius 3 is 1.93 bits per heavy atom. The van der Waals surface area contributed by atoms with Gasteiger partial charge in [-0.3, -0.25) is 0 Å². The van der Waals surface area contributed by atoms with Gasteiger partial charge in [-0.25, -0.2) is 0 Å². The summed E-state index contributed by atoms with van der Waals surface area (Å²) < 4.78 is 0. The first-order valence-electron chi connectivity index (χ1n) is 5.97. The van der Waals surface area contributed by atoms with Crippen LogP contribution in [-0.2, 0) is 0 Å². The molecule has 0 aromatic rings. The quantitative estimate of drug-likeness (QED) is 0.520.